The monoisotopic (exact) mass is 238 g/mol. The van der Waals surface area contributed by atoms with Gasteiger partial charge >= 0.3 is 0 Å². The van der Waals surface area contributed by atoms with E-state index in [0.717, 1.165) is 0 Å². The standard InChI is InChI=1S/C11H18N4O2/c1-7(2)17-4-3-14-10-5-8(11(13)16)9(12)6-15-10/h5-7H,3-4,12H2,1-2H3,(H2,13,16)(H,14,15). The maximum Gasteiger partial charge on any atom is 0.250 e. The largest absolute Gasteiger partial charge is 0.397 e. The minimum Gasteiger partial charge on any atom is -0.397 e. The van der Waals surface area contributed by atoms with E-state index in [2.05, 4.69) is 10.3 Å². The first kappa shape index (κ1) is 13.2. The van der Waals surface area contributed by atoms with E-state index in [0.29, 0.717) is 19.0 Å². The van der Waals surface area contributed by atoms with Gasteiger partial charge in [-0.15, -0.1) is 0 Å². The van der Waals surface area contributed by atoms with Crippen molar-refractivity contribution in [2.75, 3.05) is 24.2 Å². The van der Waals surface area contributed by atoms with E-state index in [1.54, 1.807) is 0 Å². The first-order chi connectivity index (χ1) is 8.00. The van der Waals surface area contributed by atoms with E-state index in [9.17, 15) is 4.79 Å². The number of hydrogen-bond acceptors (Lipinski definition) is 5. The number of pyridine rings is 1. The number of amides is 1. The van der Waals surface area contributed by atoms with Gasteiger partial charge in [0.25, 0.3) is 5.91 Å². The SMILES string of the molecule is CC(C)OCCNc1cc(C(N)=O)c(N)cn1. The highest BCUT2D eigenvalue weighted by Crippen LogP contribution is 2.13. The van der Waals surface area contributed by atoms with Crippen LogP contribution in [-0.2, 0) is 4.74 Å². The normalized spacial score (nSPS) is 10.5. The number of nitrogens with two attached hydrogens (primary N) is 2. The quantitative estimate of drug-likeness (QED) is 0.630. The summed E-state index contributed by atoms with van der Waals surface area (Å²) < 4.78 is 5.36. The van der Waals surface area contributed by atoms with Gasteiger partial charge in [-0.25, -0.2) is 4.98 Å². The van der Waals surface area contributed by atoms with Gasteiger partial charge in [0.15, 0.2) is 0 Å². The fourth-order valence-corrected chi connectivity index (χ4v) is 1.25. The van der Waals surface area contributed by atoms with Gasteiger partial charge in [0, 0.05) is 6.54 Å². The number of hydrogen-bond donors (Lipinski definition) is 3. The van der Waals surface area contributed by atoms with E-state index >= 15 is 0 Å². The summed E-state index contributed by atoms with van der Waals surface area (Å²) in [4.78, 5) is 15.1. The van der Waals surface area contributed by atoms with Crippen molar-refractivity contribution < 1.29 is 9.53 Å². The lowest BCUT2D eigenvalue weighted by molar-refractivity contribution is 0.0870. The van der Waals surface area contributed by atoms with Crippen molar-refractivity contribution in [3.05, 3.63) is 17.8 Å². The molecule has 0 bridgehead atoms. The summed E-state index contributed by atoms with van der Waals surface area (Å²) in [6, 6.07) is 1.53. The molecular weight excluding hydrogens is 220 g/mol. The van der Waals surface area contributed by atoms with Gasteiger partial charge in [0.1, 0.15) is 5.82 Å². The third-order valence-corrected chi connectivity index (χ3v) is 2.06. The average Bonchev–Trinajstić information content (AvgIpc) is 2.25. The van der Waals surface area contributed by atoms with Crippen LogP contribution >= 0.6 is 0 Å². The molecule has 0 atom stereocenters. The zero-order chi connectivity index (χ0) is 12.8. The maximum absolute atomic E-state index is 11.1. The second-order valence-corrected chi connectivity index (χ2v) is 3.87. The average molecular weight is 238 g/mol. The number of nitrogen functional groups attached to an aromatic ring is 1. The molecular formula is C11H18N4O2. The molecule has 6 nitrogen and oxygen atoms in total. The Morgan fingerprint density at radius 3 is 2.88 bits per heavy atom. The Kier molecular flexibility index (Phi) is 4.71. The van der Waals surface area contributed by atoms with E-state index in [4.69, 9.17) is 16.2 Å². The molecule has 6 heteroatoms. The molecule has 17 heavy (non-hydrogen) atoms. The topological polar surface area (TPSA) is 103 Å². The molecule has 0 aliphatic rings. The highest BCUT2D eigenvalue weighted by molar-refractivity contribution is 5.98. The van der Waals surface area contributed by atoms with Crippen molar-refractivity contribution in [3.8, 4) is 0 Å². The maximum atomic E-state index is 11.1. The molecule has 1 amide bonds. The van der Waals surface area contributed by atoms with Crippen LogP contribution in [0.15, 0.2) is 12.3 Å². The number of carbonyl (C=O) groups is 1. The van der Waals surface area contributed by atoms with Gasteiger partial charge in [-0.05, 0) is 19.9 Å². The summed E-state index contributed by atoms with van der Waals surface area (Å²) in [5.41, 5.74) is 11.3. The molecule has 1 heterocycles. The van der Waals surface area contributed by atoms with Crippen molar-refractivity contribution in [1.29, 1.82) is 0 Å². The molecule has 0 saturated carbocycles. The van der Waals surface area contributed by atoms with Crippen LogP contribution in [-0.4, -0.2) is 30.1 Å². The number of anilines is 2. The van der Waals surface area contributed by atoms with Gasteiger partial charge in [0.05, 0.1) is 30.2 Å². The van der Waals surface area contributed by atoms with Crippen molar-refractivity contribution >= 4 is 17.4 Å². The fourth-order valence-electron chi connectivity index (χ4n) is 1.25. The Labute approximate surface area is 100 Å². The predicted molar refractivity (Wildman–Crippen MR) is 66.7 cm³/mol. The van der Waals surface area contributed by atoms with Gasteiger partial charge in [-0.1, -0.05) is 0 Å². The third kappa shape index (κ3) is 4.28. The molecule has 0 spiro atoms. The molecule has 0 radical (unpaired) electrons. The number of aromatic nitrogens is 1. The first-order valence-corrected chi connectivity index (χ1v) is 5.41. The molecule has 0 fully saturated rings. The van der Waals surface area contributed by atoms with Crippen LogP contribution in [0.5, 0.6) is 0 Å². The molecule has 1 aromatic heterocycles. The van der Waals surface area contributed by atoms with Crippen LogP contribution in [0.2, 0.25) is 0 Å². The number of primary amides is 1. The van der Waals surface area contributed by atoms with E-state index in [-0.39, 0.29) is 17.4 Å². The molecule has 1 aromatic rings. The minimum atomic E-state index is -0.564. The molecule has 0 saturated heterocycles. The van der Waals surface area contributed by atoms with E-state index < -0.39 is 5.91 Å². The van der Waals surface area contributed by atoms with Crippen LogP contribution < -0.4 is 16.8 Å². The van der Waals surface area contributed by atoms with E-state index in [1.807, 2.05) is 13.8 Å². The highest BCUT2D eigenvalue weighted by Gasteiger charge is 2.07. The van der Waals surface area contributed by atoms with Gasteiger partial charge in [-0.2, -0.15) is 0 Å². The summed E-state index contributed by atoms with van der Waals surface area (Å²) in [6.07, 6.45) is 1.60. The van der Waals surface area contributed by atoms with Gasteiger partial charge < -0.3 is 21.5 Å². The zero-order valence-corrected chi connectivity index (χ0v) is 10.1. The zero-order valence-electron chi connectivity index (χ0n) is 10.1. The Morgan fingerprint density at radius 1 is 1.59 bits per heavy atom. The highest BCUT2D eigenvalue weighted by atomic mass is 16.5. The lowest BCUT2D eigenvalue weighted by atomic mass is 10.2. The lowest BCUT2D eigenvalue weighted by Gasteiger charge is -2.10. The number of rotatable bonds is 6. The number of nitrogens with one attached hydrogen (secondary N) is 1. The summed E-state index contributed by atoms with van der Waals surface area (Å²) in [6.45, 7) is 5.10. The van der Waals surface area contributed by atoms with Crippen LogP contribution in [0.1, 0.15) is 24.2 Å². The van der Waals surface area contributed by atoms with Crippen molar-refractivity contribution in [3.63, 3.8) is 0 Å². The Balaban J connectivity index is 2.54. The molecule has 0 aromatic carbocycles. The van der Waals surface area contributed by atoms with Crippen LogP contribution in [0.4, 0.5) is 11.5 Å². The van der Waals surface area contributed by atoms with Crippen molar-refractivity contribution in [2.45, 2.75) is 20.0 Å². The Morgan fingerprint density at radius 2 is 2.29 bits per heavy atom. The van der Waals surface area contributed by atoms with Crippen molar-refractivity contribution in [1.82, 2.24) is 4.98 Å². The first-order valence-electron chi connectivity index (χ1n) is 5.41. The molecule has 0 aliphatic carbocycles. The molecule has 0 unspecified atom stereocenters. The predicted octanol–water partition coefficient (Wildman–Crippen LogP) is 0.600. The molecule has 94 valence electrons. The summed E-state index contributed by atoms with van der Waals surface area (Å²) >= 11 is 0. The minimum absolute atomic E-state index is 0.192. The summed E-state index contributed by atoms with van der Waals surface area (Å²) in [7, 11) is 0. The van der Waals surface area contributed by atoms with Crippen molar-refractivity contribution in [2.24, 2.45) is 5.73 Å². The second-order valence-electron chi connectivity index (χ2n) is 3.87. The molecule has 1 rings (SSSR count). The second kappa shape index (κ2) is 6.05. The number of nitrogens with zero attached hydrogens (tertiary/aromatic N) is 1. The van der Waals surface area contributed by atoms with Crippen LogP contribution in [0, 0.1) is 0 Å². The number of carbonyl (C=O) groups excluding carboxylic acids is 1. The van der Waals surface area contributed by atoms with Crippen LogP contribution in [0.25, 0.3) is 0 Å². The Hall–Kier alpha value is -1.82. The van der Waals surface area contributed by atoms with Gasteiger partial charge in [-0.3, -0.25) is 4.79 Å². The van der Waals surface area contributed by atoms with E-state index in [1.165, 1.54) is 12.3 Å². The summed E-state index contributed by atoms with van der Waals surface area (Å²) in [5, 5.41) is 3.02. The molecule has 0 aliphatic heterocycles. The number of ether oxygens (including phenoxy) is 1. The fraction of sp³-hybridized carbons (Fsp3) is 0.455. The Bertz CT molecular complexity index is 393. The lowest BCUT2D eigenvalue weighted by Crippen LogP contribution is -2.16. The molecule has 5 N–H and O–H groups in total. The smallest absolute Gasteiger partial charge is 0.250 e. The third-order valence-electron chi connectivity index (χ3n) is 2.06. The summed E-state index contributed by atoms with van der Waals surface area (Å²) in [5.74, 6) is -0.00765. The van der Waals surface area contributed by atoms with Gasteiger partial charge in [0.2, 0.25) is 0 Å². The van der Waals surface area contributed by atoms with Crippen LogP contribution in [0.3, 0.4) is 0 Å².